The topological polar surface area (TPSA) is 123 Å². The van der Waals surface area contributed by atoms with Crippen LogP contribution in [-0.4, -0.2) is 17.1 Å². The van der Waals surface area contributed by atoms with Crippen molar-refractivity contribution in [2.75, 3.05) is 23.9 Å². The van der Waals surface area contributed by atoms with Gasteiger partial charge in [-0.2, -0.15) is 15.2 Å². The molecule has 2 rings (SSSR count). The molecule has 0 amide bonds. The van der Waals surface area contributed by atoms with Gasteiger partial charge in [-0.05, 0) is 12.1 Å². The van der Waals surface area contributed by atoms with Crippen LogP contribution < -0.4 is 21.5 Å². The minimum absolute atomic E-state index is 0.0788. The Labute approximate surface area is 109 Å². The number of rotatable bonds is 3. The van der Waals surface area contributed by atoms with E-state index < -0.39 is 0 Å². The molecule has 0 bridgehead atoms. The summed E-state index contributed by atoms with van der Waals surface area (Å²) in [7, 11) is 1.52. The molecule has 2 aromatic rings. The largest absolute Gasteiger partial charge is 0.495 e. The number of aromatic nitrogens is 2. The summed E-state index contributed by atoms with van der Waals surface area (Å²) in [6.45, 7) is 0. The zero-order valence-electron chi connectivity index (χ0n) is 10.2. The fourth-order valence-corrected chi connectivity index (χ4v) is 1.55. The Bertz CT molecular complexity index is 629. The second-order valence-corrected chi connectivity index (χ2v) is 3.69. The van der Waals surface area contributed by atoms with Crippen molar-refractivity contribution >= 4 is 23.3 Å². The molecule has 0 saturated carbocycles. The molecule has 0 aliphatic rings. The number of nitriles is 1. The Morgan fingerprint density at radius 2 is 2.05 bits per heavy atom. The first-order valence-electron chi connectivity index (χ1n) is 5.37. The number of hydrogen-bond acceptors (Lipinski definition) is 7. The van der Waals surface area contributed by atoms with Gasteiger partial charge in [-0.15, -0.1) is 0 Å². The van der Waals surface area contributed by atoms with Crippen LogP contribution in [0.1, 0.15) is 5.56 Å². The quantitative estimate of drug-likeness (QED) is 0.755. The van der Waals surface area contributed by atoms with Crippen LogP contribution in [-0.2, 0) is 0 Å². The minimum Gasteiger partial charge on any atom is -0.495 e. The lowest BCUT2D eigenvalue weighted by Crippen LogP contribution is -2.03. The van der Waals surface area contributed by atoms with E-state index in [1.54, 1.807) is 24.3 Å². The van der Waals surface area contributed by atoms with Crippen molar-refractivity contribution in [1.29, 1.82) is 5.26 Å². The van der Waals surface area contributed by atoms with Gasteiger partial charge in [0.15, 0.2) is 0 Å². The maximum atomic E-state index is 8.83. The molecule has 0 fully saturated rings. The molecule has 1 aromatic heterocycles. The maximum absolute atomic E-state index is 8.83. The normalized spacial score (nSPS) is 9.68. The standard InChI is InChI=1S/C12H12N6O/c1-19-9-4-7(6-13)2-3-8(9)16-11-5-10(14)17-12(15)18-11/h2-5H,1H3,(H5,14,15,16,17,18). The minimum atomic E-state index is 0.0788. The summed E-state index contributed by atoms with van der Waals surface area (Å²) < 4.78 is 5.20. The number of ether oxygens (including phenoxy) is 1. The number of nitrogens with zero attached hydrogens (tertiary/aromatic N) is 3. The number of nitrogens with two attached hydrogens (primary N) is 2. The second kappa shape index (κ2) is 5.10. The van der Waals surface area contributed by atoms with E-state index in [9.17, 15) is 0 Å². The van der Waals surface area contributed by atoms with Gasteiger partial charge in [-0.1, -0.05) is 0 Å². The van der Waals surface area contributed by atoms with Crippen LogP contribution in [0.15, 0.2) is 24.3 Å². The zero-order valence-corrected chi connectivity index (χ0v) is 10.2. The number of anilines is 4. The molecule has 19 heavy (non-hydrogen) atoms. The molecule has 7 nitrogen and oxygen atoms in total. The average Bonchev–Trinajstić information content (AvgIpc) is 2.38. The van der Waals surface area contributed by atoms with Gasteiger partial charge in [0.05, 0.1) is 24.4 Å². The highest BCUT2D eigenvalue weighted by Crippen LogP contribution is 2.28. The Hall–Kier alpha value is -3.01. The van der Waals surface area contributed by atoms with Gasteiger partial charge in [0.2, 0.25) is 5.95 Å². The van der Waals surface area contributed by atoms with Gasteiger partial charge < -0.3 is 21.5 Å². The first-order chi connectivity index (χ1) is 9.12. The van der Waals surface area contributed by atoms with Crippen molar-refractivity contribution in [1.82, 2.24) is 9.97 Å². The van der Waals surface area contributed by atoms with Crippen molar-refractivity contribution in [3.63, 3.8) is 0 Å². The van der Waals surface area contributed by atoms with Crippen LogP contribution in [0.4, 0.5) is 23.3 Å². The fourth-order valence-electron chi connectivity index (χ4n) is 1.55. The van der Waals surface area contributed by atoms with Crippen molar-refractivity contribution in [2.24, 2.45) is 0 Å². The molecule has 96 valence electrons. The third-order valence-corrected chi connectivity index (χ3v) is 2.36. The van der Waals surface area contributed by atoms with Gasteiger partial charge >= 0.3 is 0 Å². The number of nitrogens with one attached hydrogen (secondary N) is 1. The smallest absolute Gasteiger partial charge is 0.223 e. The highest BCUT2D eigenvalue weighted by Gasteiger charge is 2.07. The lowest BCUT2D eigenvalue weighted by Gasteiger charge is -2.11. The van der Waals surface area contributed by atoms with E-state index in [1.807, 2.05) is 6.07 Å². The van der Waals surface area contributed by atoms with E-state index in [4.69, 9.17) is 21.5 Å². The summed E-state index contributed by atoms with van der Waals surface area (Å²) in [5.41, 5.74) is 12.3. The first-order valence-corrected chi connectivity index (χ1v) is 5.37. The Morgan fingerprint density at radius 1 is 1.26 bits per heavy atom. The molecular formula is C12H12N6O. The molecule has 1 heterocycles. The van der Waals surface area contributed by atoms with E-state index in [-0.39, 0.29) is 11.8 Å². The number of hydrogen-bond donors (Lipinski definition) is 3. The summed E-state index contributed by atoms with van der Waals surface area (Å²) in [6, 6.07) is 8.59. The summed E-state index contributed by atoms with van der Waals surface area (Å²) in [4.78, 5) is 7.78. The first kappa shape index (κ1) is 12.4. The van der Waals surface area contributed by atoms with Gasteiger partial charge in [0, 0.05) is 12.1 Å². The Morgan fingerprint density at radius 3 is 2.68 bits per heavy atom. The van der Waals surface area contributed by atoms with E-state index in [0.717, 1.165) is 0 Å². The second-order valence-electron chi connectivity index (χ2n) is 3.69. The fraction of sp³-hybridized carbons (Fsp3) is 0.0833. The third-order valence-electron chi connectivity index (χ3n) is 2.36. The van der Waals surface area contributed by atoms with Crippen molar-refractivity contribution < 1.29 is 4.74 Å². The van der Waals surface area contributed by atoms with E-state index >= 15 is 0 Å². The number of methoxy groups -OCH3 is 1. The van der Waals surface area contributed by atoms with Crippen LogP contribution in [0.25, 0.3) is 0 Å². The average molecular weight is 256 g/mol. The highest BCUT2D eigenvalue weighted by atomic mass is 16.5. The molecule has 0 spiro atoms. The van der Waals surface area contributed by atoms with E-state index in [0.29, 0.717) is 22.8 Å². The van der Waals surface area contributed by atoms with Crippen LogP contribution in [0.2, 0.25) is 0 Å². The molecule has 1 aromatic carbocycles. The van der Waals surface area contributed by atoms with Crippen molar-refractivity contribution in [2.45, 2.75) is 0 Å². The molecule has 7 heteroatoms. The van der Waals surface area contributed by atoms with Gasteiger partial charge in [-0.3, -0.25) is 0 Å². The highest BCUT2D eigenvalue weighted by molar-refractivity contribution is 5.67. The lowest BCUT2D eigenvalue weighted by atomic mass is 10.2. The molecule has 0 radical (unpaired) electrons. The number of benzene rings is 1. The summed E-state index contributed by atoms with van der Waals surface area (Å²) in [5.74, 6) is 1.32. The van der Waals surface area contributed by atoms with Crippen LogP contribution in [0.3, 0.4) is 0 Å². The predicted octanol–water partition coefficient (Wildman–Crippen LogP) is 1.26. The molecule has 0 atom stereocenters. The van der Waals surface area contributed by atoms with Crippen LogP contribution in [0.5, 0.6) is 5.75 Å². The molecule has 0 aliphatic carbocycles. The summed E-state index contributed by atoms with van der Waals surface area (Å²) in [6.07, 6.45) is 0. The monoisotopic (exact) mass is 256 g/mol. The SMILES string of the molecule is COc1cc(C#N)ccc1Nc1cc(N)nc(N)n1. The van der Waals surface area contributed by atoms with Crippen molar-refractivity contribution in [3.05, 3.63) is 29.8 Å². The van der Waals surface area contributed by atoms with Gasteiger partial charge in [0.25, 0.3) is 0 Å². The molecule has 5 N–H and O–H groups in total. The lowest BCUT2D eigenvalue weighted by molar-refractivity contribution is 0.416. The van der Waals surface area contributed by atoms with Crippen molar-refractivity contribution in [3.8, 4) is 11.8 Å². The molecule has 0 saturated heterocycles. The Balaban J connectivity index is 2.35. The zero-order chi connectivity index (χ0) is 13.8. The third kappa shape index (κ3) is 2.81. The molecular weight excluding hydrogens is 244 g/mol. The predicted molar refractivity (Wildman–Crippen MR) is 71.8 cm³/mol. The van der Waals surface area contributed by atoms with Gasteiger partial charge in [-0.25, -0.2) is 0 Å². The maximum Gasteiger partial charge on any atom is 0.223 e. The number of nitrogen functional groups attached to an aromatic ring is 2. The molecule has 0 aliphatic heterocycles. The van der Waals surface area contributed by atoms with Gasteiger partial charge in [0.1, 0.15) is 17.4 Å². The van der Waals surface area contributed by atoms with Crippen LogP contribution >= 0.6 is 0 Å². The Kier molecular flexibility index (Phi) is 3.34. The van der Waals surface area contributed by atoms with E-state index in [2.05, 4.69) is 15.3 Å². The summed E-state index contributed by atoms with van der Waals surface area (Å²) in [5, 5.41) is 11.8. The summed E-state index contributed by atoms with van der Waals surface area (Å²) >= 11 is 0. The van der Waals surface area contributed by atoms with Crippen LogP contribution in [0, 0.1) is 11.3 Å². The van der Waals surface area contributed by atoms with E-state index in [1.165, 1.54) is 7.11 Å². The molecule has 0 unspecified atom stereocenters.